The van der Waals surface area contributed by atoms with Crippen LogP contribution in [0.15, 0.2) is 5.38 Å². The van der Waals surface area contributed by atoms with Gasteiger partial charge in [-0.05, 0) is 32.7 Å². The second-order valence-electron chi connectivity index (χ2n) is 5.81. The maximum Gasteiger partial charge on any atom is 0.328 e. The van der Waals surface area contributed by atoms with Gasteiger partial charge in [0.05, 0.1) is 11.1 Å². The Balaban J connectivity index is 0.00000484. The van der Waals surface area contributed by atoms with Gasteiger partial charge in [0.2, 0.25) is 0 Å². The molecule has 1 aromatic heterocycles. The fourth-order valence-corrected chi connectivity index (χ4v) is 2.68. The van der Waals surface area contributed by atoms with E-state index in [1.54, 1.807) is 19.2 Å². The number of nitrogens with one attached hydrogen (secondary N) is 1. The Hall–Kier alpha value is -1.18. The number of halogens is 1. The number of carbonyl (C=O) groups excluding carboxylic acids is 2. The highest BCUT2D eigenvalue weighted by Crippen LogP contribution is 2.12. The van der Waals surface area contributed by atoms with Crippen LogP contribution in [0.1, 0.15) is 49.6 Å². The first-order valence-corrected chi connectivity index (χ1v) is 8.37. The lowest BCUT2D eigenvalue weighted by Gasteiger charge is -2.20. The zero-order valence-electron chi connectivity index (χ0n) is 14.0. The van der Waals surface area contributed by atoms with E-state index in [2.05, 4.69) is 10.3 Å². The number of nitrogens with zero attached hydrogens (tertiary/aromatic N) is 1. The van der Waals surface area contributed by atoms with Crippen molar-refractivity contribution in [3.8, 4) is 0 Å². The summed E-state index contributed by atoms with van der Waals surface area (Å²) >= 11 is 1.39. The van der Waals surface area contributed by atoms with Crippen LogP contribution in [-0.2, 0) is 16.0 Å². The maximum absolute atomic E-state index is 12.2. The molecule has 0 fully saturated rings. The van der Waals surface area contributed by atoms with Crippen LogP contribution in [-0.4, -0.2) is 35.6 Å². The summed E-state index contributed by atoms with van der Waals surface area (Å²) in [5.41, 5.74) is 5.79. The van der Waals surface area contributed by atoms with Crippen molar-refractivity contribution < 1.29 is 14.3 Å². The Bertz CT molecular complexity index is 506. The van der Waals surface area contributed by atoms with Gasteiger partial charge in [-0.3, -0.25) is 4.79 Å². The van der Waals surface area contributed by atoms with Gasteiger partial charge in [0.15, 0.2) is 0 Å². The summed E-state index contributed by atoms with van der Waals surface area (Å²) in [5.74, 6) is -0.506. The van der Waals surface area contributed by atoms with E-state index in [4.69, 9.17) is 10.5 Å². The van der Waals surface area contributed by atoms with E-state index >= 15 is 0 Å². The first-order chi connectivity index (χ1) is 10.3. The molecular formula is C15H26ClN3O3S. The Labute approximate surface area is 147 Å². The third-order valence-corrected chi connectivity index (χ3v) is 3.70. The predicted molar refractivity (Wildman–Crippen MR) is 94.1 cm³/mol. The molecule has 1 rings (SSSR count). The molecule has 1 amide bonds. The zero-order chi connectivity index (χ0) is 16.7. The SMILES string of the molecule is CC(C)C[C@H](NC(=O)c1csc(CCN)n1)C(=O)OC(C)C.Cl. The van der Waals surface area contributed by atoms with Crippen LogP contribution in [0.5, 0.6) is 0 Å². The summed E-state index contributed by atoms with van der Waals surface area (Å²) < 4.78 is 5.21. The van der Waals surface area contributed by atoms with Gasteiger partial charge in [-0.1, -0.05) is 13.8 Å². The van der Waals surface area contributed by atoms with Crippen molar-refractivity contribution in [3.05, 3.63) is 16.1 Å². The molecule has 0 aliphatic carbocycles. The number of esters is 1. The van der Waals surface area contributed by atoms with Crippen molar-refractivity contribution in [3.63, 3.8) is 0 Å². The quantitative estimate of drug-likeness (QED) is 0.690. The number of hydrogen-bond acceptors (Lipinski definition) is 6. The molecule has 0 saturated heterocycles. The highest BCUT2D eigenvalue weighted by Gasteiger charge is 2.25. The third-order valence-electron chi connectivity index (χ3n) is 2.79. The van der Waals surface area contributed by atoms with Gasteiger partial charge < -0.3 is 15.8 Å². The molecule has 3 N–H and O–H groups in total. The van der Waals surface area contributed by atoms with Crippen LogP contribution in [0.3, 0.4) is 0 Å². The van der Waals surface area contributed by atoms with Crippen LogP contribution < -0.4 is 11.1 Å². The molecule has 0 bridgehead atoms. The first kappa shape index (κ1) is 21.8. The molecule has 6 nitrogen and oxygen atoms in total. The summed E-state index contributed by atoms with van der Waals surface area (Å²) in [6, 6.07) is -0.658. The average molecular weight is 364 g/mol. The van der Waals surface area contributed by atoms with E-state index in [9.17, 15) is 9.59 Å². The van der Waals surface area contributed by atoms with Crippen LogP contribution in [0.4, 0.5) is 0 Å². The van der Waals surface area contributed by atoms with Gasteiger partial charge in [-0.2, -0.15) is 0 Å². The lowest BCUT2D eigenvalue weighted by Crippen LogP contribution is -2.43. The second kappa shape index (κ2) is 10.6. The largest absolute Gasteiger partial charge is 0.461 e. The molecule has 0 aliphatic rings. The minimum atomic E-state index is -0.658. The minimum absolute atomic E-state index is 0. The van der Waals surface area contributed by atoms with Crippen LogP contribution >= 0.6 is 23.7 Å². The molecule has 0 unspecified atom stereocenters. The number of thiazole rings is 1. The summed E-state index contributed by atoms with van der Waals surface area (Å²) in [6.07, 6.45) is 0.953. The van der Waals surface area contributed by atoms with Crippen molar-refractivity contribution in [2.24, 2.45) is 11.7 Å². The Kier molecular flexibility index (Phi) is 10.0. The topological polar surface area (TPSA) is 94.3 Å². The summed E-state index contributed by atoms with van der Waals surface area (Å²) in [6.45, 7) is 8.04. The molecule has 23 heavy (non-hydrogen) atoms. The lowest BCUT2D eigenvalue weighted by molar-refractivity contribution is -0.150. The van der Waals surface area contributed by atoms with E-state index < -0.39 is 12.0 Å². The standard InChI is InChI=1S/C15H25N3O3S.ClH/c1-9(2)7-11(15(20)21-10(3)4)18-14(19)12-8-22-13(17-12)5-6-16;/h8-11H,5-7,16H2,1-4H3,(H,18,19);1H/t11-;/m0./s1. The van der Waals surface area contributed by atoms with Crippen molar-refractivity contribution in [2.45, 2.75) is 52.7 Å². The first-order valence-electron chi connectivity index (χ1n) is 7.49. The van der Waals surface area contributed by atoms with Gasteiger partial charge in [0.25, 0.3) is 5.91 Å². The minimum Gasteiger partial charge on any atom is -0.461 e. The van der Waals surface area contributed by atoms with Crippen molar-refractivity contribution in [2.75, 3.05) is 6.54 Å². The summed E-state index contributed by atoms with van der Waals surface area (Å²) in [5, 5.41) is 5.22. The molecule has 1 atom stereocenters. The molecule has 132 valence electrons. The molecule has 1 aromatic rings. The summed E-state index contributed by atoms with van der Waals surface area (Å²) in [4.78, 5) is 28.6. The molecule has 0 aromatic carbocycles. The fraction of sp³-hybridized carbons (Fsp3) is 0.667. The molecule has 0 spiro atoms. The smallest absolute Gasteiger partial charge is 0.328 e. The van der Waals surface area contributed by atoms with E-state index in [0.29, 0.717) is 25.1 Å². The Morgan fingerprint density at radius 2 is 2.00 bits per heavy atom. The van der Waals surface area contributed by atoms with Crippen LogP contribution in [0.25, 0.3) is 0 Å². The summed E-state index contributed by atoms with van der Waals surface area (Å²) in [7, 11) is 0. The number of amides is 1. The monoisotopic (exact) mass is 363 g/mol. The number of rotatable bonds is 8. The van der Waals surface area contributed by atoms with E-state index in [-0.39, 0.29) is 30.3 Å². The number of nitrogens with two attached hydrogens (primary N) is 1. The molecule has 0 aliphatic heterocycles. The van der Waals surface area contributed by atoms with Crippen molar-refractivity contribution >= 4 is 35.6 Å². The fourth-order valence-electron chi connectivity index (χ4n) is 1.89. The highest BCUT2D eigenvalue weighted by atomic mass is 35.5. The van der Waals surface area contributed by atoms with Crippen molar-refractivity contribution in [1.82, 2.24) is 10.3 Å². The molecular weight excluding hydrogens is 338 g/mol. The molecule has 0 saturated carbocycles. The van der Waals surface area contributed by atoms with Gasteiger partial charge >= 0.3 is 5.97 Å². The van der Waals surface area contributed by atoms with E-state index in [0.717, 1.165) is 5.01 Å². The normalized spacial score (nSPS) is 12.0. The van der Waals surface area contributed by atoms with Crippen molar-refractivity contribution in [1.29, 1.82) is 0 Å². The van der Waals surface area contributed by atoms with Gasteiger partial charge in [0.1, 0.15) is 11.7 Å². The lowest BCUT2D eigenvalue weighted by atomic mass is 10.0. The number of ether oxygens (including phenoxy) is 1. The van der Waals surface area contributed by atoms with Crippen LogP contribution in [0.2, 0.25) is 0 Å². The Morgan fingerprint density at radius 3 is 2.52 bits per heavy atom. The van der Waals surface area contributed by atoms with Gasteiger partial charge in [0, 0.05) is 11.8 Å². The molecule has 0 radical (unpaired) electrons. The van der Waals surface area contributed by atoms with Crippen LogP contribution in [0, 0.1) is 5.92 Å². The average Bonchev–Trinajstić information content (AvgIpc) is 2.85. The number of carbonyl (C=O) groups is 2. The molecule has 1 heterocycles. The highest BCUT2D eigenvalue weighted by molar-refractivity contribution is 7.09. The second-order valence-corrected chi connectivity index (χ2v) is 6.75. The number of hydrogen-bond donors (Lipinski definition) is 2. The zero-order valence-corrected chi connectivity index (χ0v) is 15.6. The molecule has 8 heteroatoms. The van der Waals surface area contributed by atoms with E-state index in [1.807, 2.05) is 13.8 Å². The Morgan fingerprint density at radius 1 is 1.35 bits per heavy atom. The van der Waals surface area contributed by atoms with Gasteiger partial charge in [-0.15, -0.1) is 23.7 Å². The maximum atomic E-state index is 12.2. The number of aromatic nitrogens is 1. The predicted octanol–water partition coefficient (Wildman–Crippen LogP) is 2.16. The van der Waals surface area contributed by atoms with E-state index in [1.165, 1.54) is 11.3 Å². The third kappa shape index (κ3) is 7.76. The van der Waals surface area contributed by atoms with Gasteiger partial charge in [-0.25, -0.2) is 9.78 Å².